The predicted molar refractivity (Wildman–Crippen MR) is 95.9 cm³/mol. The lowest BCUT2D eigenvalue weighted by molar-refractivity contribution is 0.111. The number of carbonyl (C=O) groups excluding carboxylic acids is 1. The Balaban J connectivity index is 1.95. The highest BCUT2D eigenvalue weighted by molar-refractivity contribution is 7.15. The minimum atomic E-state index is 0.554. The molecule has 0 aliphatic heterocycles. The summed E-state index contributed by atoms with van der Waals surface area (Å²) in [7, 11) is 1.62. The Hall–Kier alpha value is -2.92. The average Bonchev–Trinajstić information content (AvgIpc) is 3.21. The molecule has 0 aliphatic carbocycles. The van der Waals surface area contributed by atoms with Crippen molar-refractivity contribution >= 4 is 22.6 Å². The smallest absolute Gasteiger partial charge is 0.195 e. The molecule has 0 bridgehead atoms. The summed E-state index contributed by atoms with van der Waals surface area (Å²) in [5.74, 6) is 0.740. The summed E-state index contributed by atoms with van der Waals surface area (Å²) in [4.78, 5) is 17.3. The first-order valence-corrected chi connectivity index (χ1v) is 8.34. The third kappa shape index (κ3) is 2.30. The summed E-state index contributed by atoms with van der Waals surface area (Å²) in [6.45, 7) is 0. The topological polar surface area (TPSA) is 43.6 Å². The number of imidazole rings is 1. The van der Waals surface area contributed by atoms with E-state index in [-0.39, 0.29) is 0 Å². The summed E-state index contributed by atoms with van der Waals surface area (Å²) in [6, 6.07) is 17.6. The normalized spacial score (nSPS) is 10.9. The molecule has 2 aromatic heterocycles. The van der Waals surface area contributed by atoms with Crippen LogP contribution >= 0.6 is 11.3 Å². The molecule has 4 aromatic rings. The SMILES string of the molecule is COc1cccc(-c2nc3scc(-c4ccccc4)n3c2C=O)c1. The summed E-state index contributed by atoms with van der Waals surface area (Å²) in [5, 5.41) is 2.03. The van der Waals surface area contributed by atoms with E-state index in [4.69, 9.17) is 4.74 Å². The van der Waals surface area contributed by atoms with Crippen molar-refractivity contribution in [2.75, 3.05) is 7.11 Å². The monoisotopic (exact) mass is 334 g/mol. The number of ether oxygens (including phenoxy) is 1. The molecule has 0 fully saturated rings. The molecular formula is C19H14N2O2S. The van der Waals surface area contributed by atoms with Crippen LogP contribution in [0.15, 0.2) is 60.0 Å². The molecule has 0 N–H and O–H groups in total. The Kier molecular flexibility index (Phi) is 3.63. The maximum atomic E-state index is 11.8. The molecule has 0 saturated heterocycles. The Bertz CT molecular complexity index is 1020. The molecule has 2 heterocycles. The van der Waals surface area contributed by atoms with Gasteiger partial charge in [-0.25, -0.2) is 4.98 Å². The Labute approximate surface area is 143 Å². The van der Waals surface area contributed by atoms with E-state index in [9.17, 15) is 4.79 Å². The highest BCUT2D eigenvalue weighted by atomic mass is 32.1. The minimum Gasteiger partial charge on any atom is -0.497 e. The molecule has 24 heavy (non-hydrogen) atoms. The lowest BCUT2D eigenvalue weighted by atomic mass is 10.1. The summed E-state index contributed by atoms with van der Waals surface area (Å²) < 4.78 is 7.20. The van der Waals surface area contributed by atoms with E-state index in [1.165, 1.54) is 11.3 Å². The molecule has 118 valence electrons. The van der Waals surface area contributed by atoms with Crippen molar-refractivity contribution in [3.05, 3.63) is 65.7 Å². The molecule has 0 unspecified atom stereocenters. The van der Waals surface area contributed by atoms with Crippen LogP contribution in [0, 0.1) is 0 Å². The summed E-state index contributed by atoms with van der Waals surface area (Å²) >= 11 is 1.53. The highest BCUT2D eigenvalue weighted by Crippen LogP contribution is 2.33. The Morgan fingerprint density at radius 3 is 2.62 bits per heavy atom. The number of benzene rings is 2. The van der Waals surface area contributed by atoms with E-state index in [2.05, 4.69) is 4.98 Å². The molecule has 0 atom stereocenters. The quantitative estimate of drug-likeness (QED) is 0.514. The van der Waals surface area contributed by atoms with Gasteiger partial charge in [-0.1, -0.05) is 42.5 Å². The number of hydrogen-bond donors (Lipinski definition) is 0. The zero-order chi connectivity index (χ0) is 16.5. The van der Waals surface area contributed by atoms with Crippen LogP contribution in [-0.2, 0) is 0 Å². The standard InChI is InChI=1S/C19H14N2O2S/c1-23-15-9-5-8-14(10-15)18-16(11-22)21-17(12-24-19(21)20-18)13-6-3-2-4-7-13/h2-12H,1H3. The van der Waals surface area contributed by atoms with Crippen LogP contribution in [0.25, 0.3) is 27.5 Å². The van der Waals surface area contributed by atoms with Gasteiger partial charge in [0, 0.05) is 10.9 Å². The van der Waals surface area contributed by atoms with Crippen molar-refractivity contribution in [1.29, 1.82) is 0 Å². The zero-order valence-corrected chi connectivity index (χ0v) is 13.8. The number of nitrogens with zero attached hydrogens (tertiary/aromatic N) is 2. The molecule has 0 aliphatic rings. The second kappa shape index (κ2) is 5.94. The first kappa shape index (κ1) is 14.7. The van der Waals surface area contributed by atoms with Gasteiger partial charge in [0.1, 0.15) is 17.1 Å². The van der Waals surface area contributed by atoms with Crippen molar-refractivity contribution in [2.45, 2.75) is 0 Å². The van der Waals surface area contributed by atoms with Crippen molar-refractivity contribution in [1.82, 2.24) is 9.38 Å². The lowest BCUT2D eigenvalue weighted by Gasteiger charge is -2.04. The van der Waals surface area contributed by atoms with Gasteiger partial charge in [-0.3, -0.25) is 9.20 Å². The summed E-state index contributed by atoms with van der Waals surface area (Å²) in [6.07, 6.45) is 0.869. The van der Waals surface area contributed by atoms with Gasteiger partial charge < -0.3 is 4.74 Å². The first-order valence-electron chi connectivity index (χ1n) is 7.47. The fraction of sp³-hybridized carbons (Fsp3) is 0.0526. The van der Waals surface area contributed by atoms with Crippen LogP contribution in [0.1, 0.15) is 10.5 Å². The fourth-order valence-electron chi connectivity index (χ4n) is 2.78. The molecule has 0 saturated carbocycles. The van der Waals surface area contributed by atoms with Gasteiger partial charge in [0.05, 0.1) is 12.8 Å². The van der Waals surface area contributed by atoms with Crippen molar-refractivity contribution in [3.63, 3.8) is 0 Å². The molecule has 4 nitrogen and oxygen atoms in total. The minimum absolute atomic E-state index is 0.554. The summed E-state index contributed by atoms with van der Waals surface area (Å²) in [5.41, 5.74) is 4.12. The second-order valence-electron chi connectivity index (χ2n) is 5.30. The van der Waals surface area contributed by atoms with Crippen molar-refractivity contribution in [2.24, 2.45) is 0 Å². The first-order chi connectivity index (χ1) is 11.8. The van der Waals surface area contributed by atoms with Crippen molar-refractivity contribution < 1.29 is 9.53 Å². The van der Waals surface area contributed by atoms with Gasteiger partial charge in [0.25, 0.3) is 0 Å². The van der Waals surface area contributed by atoms with Crippen LogP contribution < -0.4 is 4.74 Å². The number of carbonyl (C=O) groups is 1. The van der Waals surface area contributed by atoms with Crippen molar-refractivity contribution in [3.8, 4) is 28.3 Å². The third-order valence-corrected chi connectivity index (χ3v) is 4.75. The largest absolute Gasteiger partial charge is 0.497 e. The maximum Gasteiger partial charge on any atom is 0.195 e. The molecule has 2 aromatic carbocycles. The zero-order valence-electron chi connectivity index (χ0n) is 13.0. The number of fused-ring (bicyclic) bond motifs is 1. The van der Waals surface area contributed by atoms with Gasteiger partial charge >= 0.3 is 0 Å². The number of aldehydes is 1. The molecule has 4 rings (SSSR count). The molecule has 0 spiro atoms. The van der Waals surface area contributed by atoms with E-state index in [1.807, 2.05) is 64.4 Å². The number of aromatic nitrogens is 2. The number of thiazole rings is 1. The second-order valence-corrected chi connectivity index (χ2v) is 6.14. The van der Waals surface area contributed by atoms with E-state index in [1.54, 1.807) is 7.11 Å². The predicted octanol–water partition coefficient (Wildman–Crippen LogP) is 4.55. The van der Waals surface area contributed by atoms with Gasteiger partial charge in [-0.15, -0.1) is 11.3 Å². The fourth-order valence-corrected chi connectivity index (χ4v) is 3.69. The van der Waals surface area contributed by atoms with Crippen LogP contribution in [0.3, 0.4) is 0 Å². The number of rotatable bonds is 4. The van der Waals surface area contributed by atoms with Gasteiger partial charge in [-0.05, 0) is 17.7 Å². The van der Waals surface area contributed by atoms with E-state index in [0.29, 0.717) is 11.4 Å². The van der Waals surface area contributed by atoms with Crippen LogP contribution in [0.4, 0.5) is 0 Å². The van der Waals surface area contributed by atoms with E-state index >= 15 is 0 Å². The highest BCUT2D eigenvalue weighted by Gasteiger charge is 2.18. The Morgan fingerprint density at radius 2 is 1.88 bits per heavy atom. The van der Waals surface area contributed by atoms with Gasteiger partial charge in [0.2, 0.25) is 0 Å². The average molecular weight is 334 g/mol. The lowest BCUT2D eigenvalue weighted by Crippen LogP contribution is -1.94. The maximum absolute atomic E-state index is 11.8. The van der Waals surface area contributed by atoms with E-state index in [0.717, 1.165) is 33.8 Å². The number of hydrogen-bond acceptors (Lipinski definition) is 4. The van der Waals surface area contributed by atoms with E-state index < -0.39 is 0 Å². The van der Waals surface area contributed by atoms with Gasteiger partial charge in [-0.2, -0.15) is 0 Å². The Morgan fingerprint density at radius 1 is 1.08 bits per heavy atom. The van der Waals surface area contributed by atoms with Gasteiger partial charge in [0.15, 0.2) is 11.2 Å². The molecular weight excluding hydrogens is 320 g/mol. The molecule has 5 heteroatoms. The van der Waals surface area contributed by atoms with Crippen LogP contribution in [0.5, 0.6) is 5.75 Å². The molecule has 0 amide bonds. The third-order valence-electron chi connectivity index (χ3n) is 3.92. The number of methoxy groups -OCH3 is 1. The van der Waals surface area contributed by atoms with Crippen LogP contribution in [-0.4, -0.2) is 22.8 Å². The molecule has 0 radical (unpaired) electrons. The van der Waals surface area contributed by atoms with Crippen LogP contribution in [0.2, 0.25) is 0 Å².